The highest BCUT2D eigenvalue weighted by Gasteiger charge is 2.46. The Morgan fingerprint density at radius 3 is 2.77 bits per heavy atom. The molecule has 2 aliphatic heterocycles. The molecule has 1 saturated carbocycles. The lowest BCUT2D eigenvalue weighted by molar-refractivity contribution is -0.117. The fourth-order valence-electron chi connectivity index (χ4n) is 4.67. The van der Waals surface area contributed by atoms with Crippen molar-refractivity contribution in [2.75, 3.05) is 4.90 Å². The Labute approximate surface area is 178 Å². The number of rotatable bonds is 2. The van der Waals surface area contributed by atoms with Gasteiger partial charge in [-0.2, -0.15) is 0 Å². The quantitative estimate of drug-likeness (QED) is 0.532. The number of anilines is 2. The predicted molar refractivity (Wildman–Crippen MR) is 119 cm³/mol. The number of carbonyl (C=O) groups is 2. The molecule has 146 valence electrons. The molecular formula is C25H18N2O2S. The van der Waals surface area contributed by atoms with Gasteiger partial charge >= 0.3 is 0 Å². The molecule has 0 spiro atoms. The van der Waals surface area contributed by atoms with Gasteiger partial charge in [0.15, 0.2) is 11.6 Å². The molecule has 1 fully saturated rings. The predicted octanol–water partition coefficient (Wildman–Crippen LogP) is 4.66. The van der Waals surface area contributed by atoms with Gasteiger partial charge in [-0.1, -0.05) is 36.4 Å². The van der Waals surface area contributed by atoms with Gasteiger partial charge in [0.05, 0.1) is 22.4 Å². The van der Waals surface area contributed by atoms with Crippen molar-refractivity contribution < 1.29 is 9.59 Å². The fourth-order valence-corrected chi connectivity index (χ4v) is 5.74. The van der Waals surface area contributed by atoms with E-state index in [0.717, 1.165) is 29.2 Å². The van der Waals surface area contributed by atoms with Crippen molar-refractivity contribution in [1.29, 1.82) is 0 Å². The van der Waals surface area contributed by atoms with Crippen LogP contribution < -0.4 is 4.90 Å². The molecule has 2 aromatic rings. The number of hydrogen-bond donors (Lipinski definition) is 0. The largest absolute Gasteiger partial charge is 0.298 e. The first kappa shape index (κ1) is 17.7. The maximum absolute atomic E-state index is 12.7. The van der Waals surface area contributed by atoms with Gasteiger partial charge in [-0.25, -0.2) is 4.98 Å². The molecule has 6 rings (SSSR count). The molecule has 0 amide bonds. The smallest absolute Gasteiger partial charge is 0.180 e. The van der Waals surface area contributed by atoms with Crippen molar-refractivity contribution in [2.45, 2.75) is 18.1 Å². The molecule has 2 aliphatic carbocycles. The van der Waals surface area contributed by atoms with Gasteiger partial charge < -0.3 is 0 Å². The van der Waals surface area contributed by atoms with Crippen molar-refractivity contribution in [3.63, 3.8) is 0 Å². The maximum atomic E-state index is 12.7. The van der Waals surface area contributed by atoms with Crippen LogP contribution in [0.15, 0.2) is 89.2 Å². The Bertz CT molecular complexity index is 1190. The molecular weight excluding hydrogens is 392 g/mol. The highest BCUT2D eigenvalue weighted by Crippen LogP contribution is 2.43. The van der Waals surface area contributed by atoms with Crippen LogP contribution in [-0.2, 0) is 16.0 Å². The standard InChI is InChI=1S/C25H18N2O2S/c28-22-19-9-11-30-24(19)23(29)20(22)13-15-7-8-18(12-15)27-21-6-2-1-4-16(21)14-17-5-3-10-26-25(17)27/h1-11,13,19,24H,12,14H2/b20-13+. The van der Waals surface area contributed by atoms with Gasteiger partial charge in [0.2, 0.25) is 0 Å². The number of para-hydroxylation sites is 1. The molecule has 5 heteroatoms. The second-order valence-electron chi connectivity index (χ2n) is 7.90. The molecule has 2 unspecified atom stereocenters. The summed E-state index contributed by atoms with van der Waals surface area (Å²) in [7, 11) is 0. The van der Waals surface area contributed by atoms with E-state index in [4.69, 9.17) is 0 Å². The maximum Gasteiger partial charge on any atom is 0.180 e. The van der Waals surface area contributed by atoms with Crippen molar-refractivity contribution in [3.8, 4) is 0 Å². The van der Waals surface area contributed by atoms with Gasteiger partial charge in [-0.05, 0) is 46.4 Å². The van der Waals surface area contributed by atoms with Crippen LogP contribution in [0.2, 0.25) is 0 Å². The Hall–Kier alpha value is -3.18. The van der Waals surface area contributed by atoms with Gasteiger partial charge in [0.1, 0.15) is 5.82 Å². The van der Waals surface area contributed by atoms with Crippen LogP contribution in [0.1, 0.15) is 17.5 Å². The van der Waals surface area contributed by atoms with Crippen molar-refractivity contribution in [1.82, 2.24) is 4.98 Å². The molecule has 1 aromatic carbocycles. The number of allylic oxidation sites excluding steroid dienone is 6. The summed E-state index contributed by atoms with van der Waals surface area (Å²) in [4.78, 5) is 32.2. The highest BCUT2D eigenvalue weighted by atomic mass is 32.2. The molecule has 0 N–H and O–H groups in total. The zero-order chi connectivity index (χ0) is 20.2. The number of carbonyl (C=O) groups excluding carboxylic acids is 2. The van der Waals surface area contributed by atoms with Crippen LogP contribution in [0.5, 0.6) is 0 Å². The van der Waals surface area contributed by atoms with Crippen LogP contribution in [0.4, 0.5) is 11.5 Å². The van der Waals surface area contributed by atoms with Gasteiger partial charge in [0.25, 0.3) is 0 Å². The third-order valence-electron chi connectivity index (χ3n) is 6.11. The van der Waals surface area contributed by atoms with Crippen molar-refractivity contribution in [3.05, 3.63) is 100 Å². The Balaban J connectivity index is 1.32. The summed E-state index contributed by atoms with van der Waals surface area (Å²) >= 11 is 1.45. The van der Waals surface area contributed by atoms with Crippen LogP contribution in [0, 0.1) is 5.92 Å². The minimum absolute atomic E-state index is 0.0373. The topological polar surface area (TPSA) is 50.3 Å². The molecule has 2 atom stereocenters. The lowest BCUT2D eigenvalue weighted by atomic mass is 9.97. The second-order valence-corrected chi connectivity index (χ2v) is 8.95. The number of pyridine rings is 1. The molecule has 0 radical (unpaired) electrons. The Kier molecular flexibility index (Phi) is 3.93. The summed E-state index contributed by atoms with van der Waals surface area (Å²) in [5, 5.41) is 1.61. The molecule has 1 aromatic heterocycles. The van der Waals surface area contributed by atoms with E-state index in [0.29, 0.717) is 12.0 Å². The van der Waals surface area contributed by atoms with E-state index >= 15 is 0 Å². The summed E-state index contributed by atoms with van der Waals surface area (Å²) in [6, 6.07) is 12.5. The number of aromatic nitrogens is 1. The minimum Gasteiger partial charge on any atom is -0.298 e. The number of Topliss-reactive ketones (excluding diaryl/α,β-unsaturated/α-hetero) is 2. The summed E-state index contributed by atoms with van der Waals surface area (Å²) in [6.45, 7) is 0. The number of hydrogen-bond acceptors (Lipinski definition) is 5. The number of fused-ring (bicyclic) bond motifs is 3. The van der Waals surface area contributed by atoms with Crippen LogP contribution in [0.3, 0.4) is 0 Å². The monoisotopic (exact) mass is 410 g/mol. The average Bonchev–Trinajstić information content (AvgIpc) is 3.48. The van der Waals surface area contributed by atoms with E-state index in [9.17, 15) is 9.59 Å². The van der Waals surface area contributed by atoms with Crippen LogP contribution in [-0.4, -0.2) is 21.8 Å². The summed E-state index contributed by atoms with van der Waals surface area (Å²) < 4.78 is 0. The number of ketones is 2. The first-order valence-electron chi connectivity index (χ1n) is 10.0. The first-order chi connectivity index (χ1) is 14.7. The third-order valence-corrected chi connectivity index (χ3v) is 7.23. The molecule has 3 heterocycles. The number of thioether (sulfide) groups is 1. The van der Waals surface area contributed by atoms with Gasteiger partial charge in [0, 0.05) is 24.7 Å². The number of nitrogens with zero attached hydrogens (tertiary/aromatic N) is 2. The van der Waals surface area contributed by atoms with Crippen molar-refractivity contribution >= 4 is 34.8 Å². The zero-order valence-corrected chi connectivity index (χ0v) is 16.9. The second kappa shape index (κ2) is 6.67. The van der Waals surface area contributed by atoms with E-state index in [-0.39, 0.29) is 22.7 Å². The Morgan fingerprint density at radius 1 is 1.00 bits per heavy atom. The minimum atomic E-state index is -0.284. The van der Waals surface area contributed by atoms with Crippen molar-refractivity contribution in [2.24, 2.45) is 5.92 Å². The molecule has 4 nitrogen and oxygen atoms in total. The fraction of sp³-hybridized carbons (Fsp3) is 0.160. The van der Waals surface area contributed by atoms with Gasteiger partial charge in [-0.3, -0.25) is 14.5 Å². The van der Waals surface area contributed by atoms with Gasteiger partial charge in [-0.15, -0.1) is 11.8 Å². The van der Waals surface area contributed by atoms with E-state index in [2.05, 4.69) is 40.2 Å². The molecule has 30 heavy (non-hydrogen) atoms. The SMILES string of the molecule is O=C1/C(=C\C2=CC=C(N3c4ccccc4Cc4cccnc43)C2)C(=O)C2SC=CC12. The molecule has 0 bridgehead atoms. The first-order valence-corrected chi connectivity index (χ1v) is 11.0. The van der Waals surface area contributed by atoms with E-state index in [1.165, 1.54) is 22.9 Å². The normalized spacial score (nSPS) is 25.3. The summed E-state index contributed by atoms with van der Waals surface area (Å²) in [5.41, 5.74) is 6.03. The third kappa shape index (κ3) is 2.58. The highest BCUT2D eigenvalue weighted by molar-refractivity contribution is 8.03. The van der Waals surface area contributed by atoms with Crippen LogP contribution >= 0.6 is 11.8 Å². The zero-order valence-electron chi connectivity index (χ0n) is 16.1. The lowest BCUT2D eigenvalue weighted by Crippen LogP contribution is -2.23. The van der Waals surface area contributed by atoms with Crippen LogP contribution in [0.25, 0.3) is 0 Å². The molecule has 0 saturated heterocycles. The summed E-state index contributed by atoms with van der Waals surface area (Å²) in [5.74, 6) is 0.586. The lowest BCUT2D eigenvalue weighted by Gasteiger charge is -2.33. The Morgan fingerprint density at radius 2 is 1.87 bits per heavy atom. The number of benzene rings is 1. The van der Waals surface area contributed by atoms with E-state index in [1.807, 2.05) is 35.9 Å². The van der Waals surface area contributed by atoms with E-state index in [1.54, 1.807) is 6.08 Å². The molecule has 4 aliphatic rings. The van der Waals surface area contributed by atoms with E-state index < -0.39 is 0 Å². The average molecular weight is 410 g/mol. The summed E-state index contributed by atoms with van der Waals surface area (Å²) in [6.07, 6.45) is 11.1.